The van der Waals surface area contributed by atoms with Gasteiger partial charge in [-0.05, 0) is 31.4 Å². The van der Waals surface area contributed by atoms with Gasteiger partial charge in [0.05, 0.1) is 36.4 Å². The Labute approximate surface area is 161 Å². The fourth-order valence-corrected chi connectivity index (χ4v) is 3.62. The van der Waals surface area contributed by atoms with E-state index in [1.165, 1.54) is 0 Å². The zero-order valence-electron chi connectivity index (χ0n) is 16.5. The summed E-state index contributed by atoms with van der Waals surface area (Å²) < 4.78 is 7.28. The fourth-order valence-electron chi connectivity index (χ4n) is 3.62. The molecule has 2 aromatic rings. The van der Waals surface area contributed by atoms with Crippen LogP contribution in [0.1, 0.15) is 36.3 Å². The van der Waals surface area contributed by atoms with Crippen molar-refractivity contribution >= 4 is 5.91 Å². The van der Waals surface area contributed by atoms with E-state index in [-0.39, 0.29) is 5.91 Å². The van der Waals surface area contributed by atoms with Crippen LogP contribution < -0.4 is 5.32 Å². The molecule has 1 aromatic heterocycles. The third kappa shape index (κ3) is 4.96. The second-order valence-corrected chi connectivity index (χ2v) is 7.53. The van der Waals surface area contributed by atoms with Gasteiger partial charge in [-0.3, -0.25) is 9.69 Å². The van der Waals surface area contributed by atoms with Crippen LogP contribution in [0.4, 0.5) is 0 Å². The van der Waals surface area contributed by atoms with Gasteiger partial charge in [0.15, 0.2) is 0 Å². The summed E-state index contributed by atoms with van der Waals surface area (Å²) in [5.74, 6) is 0.522. The van der Waals surface area contributed by atoms with Crippen LogP contribution in [0.5, 0.6) is 0 Å². The van der Waals surface area contributed by atoms with Crippen molar-refractivity contribution in [1.82, 2.24) is 20.0 Å². The average Bonchev–Trinajstić information content (AvgIpc) is 3.07. The molecule has 0 bridgehead atoms. The number of benzene rings is 1. The zero-order chi connectivity index (χ0) is 19.2. The second kappa shape index (κ2) is 9.15. The summed E-state index contributed by atoms with van der Waals surface area (Å²) in [6.45, 7) is 10.4. The quantitative estimate of drug-likeness (QED) is 0.814. The standard InChI is InChI=1S/C21H30N4O2/c1-16(2)13-19(24-9-11-27-12-10-24)14-22-21(26)20-15-23-25(17(20)3)18-7-5-4-6-8-18/h4-8,15-16,19H,9-14H2,1-3H3,(H,22,26). The van der Waals surface area contributed by atoms with E-state index in [0.717, 1.165) is 44.1 Å². The van der Waals surface area contributed by atoms with Gasteiger partial charge in [-0.15, -0.1) is 0 Å². The summed E-state index contributed by atoms with van der Waals surface area (Å²) in [6.07, 6.45) is 2.71. The SMILES string of the molecule is Cc1c(C(=O)NCC(CC(C)C)N2CCOCC2)cnn1-c1ccccc1. The maximum atomic E-state index is 12.8. The predicted molar refractivity (Wildman–Crippen MR) is 106 cm³/mol. The van der Waals surface area contributed by atoms with E-state index in [1.54, 1.807) is 6.20 Å². The molecule has 6 heteroatoms. The van der Waals surface area contributed by atoms with Crippen molar-refractivity contribution in [3.05, 3.63) is 47.8 Å². The van der Waals surface area contributed by atoms with E-state index >= 15 is 0 Å². The van der Waals surface area contributed by atoms with Crippen LogP contribution in [0.3, 0.4) is 0 Å². The third-order valence-electron chi connectivity index (χ3n) is 5.06. The summed E-state index contributed by atoms with van der Waals surface area (Å²) >= 11 is 0. The molecule has 146 valence electrons. The fraction of sp³-hybridized carbons (Fsp3) is 0.524. The summed E-state index contributed by atoms with van der Waals surface area (Å²) in [6, 6.07) is 10.2. The lowest BCUT2D eigenvalue weighted by Crippen LogP contribution is -2.49. The topological polar surface area (TPSA) is 59.4 Å². The summed E-state index contributed by atoms with van der Waals surface area (Å²) in [5, 5.41) is 7.53. The van der Waals surface area contributed by atoms with Gasteiger partial charge in [-0.25, -0.2) is 4.68 Å². The third-order valence-corrected chi connectivity index (χ3v) is 5.06. The Hall–Kier alpha value is -2.18. The molecule has 1 amide bonds. The van der Waals surface area contributed by atoms with Gasteiger partial charge in [-0.1, -0.05) is 32.0 Å². The molecule has 1 fully saturated rings. The minimum atomic E-state index is -0.0586. The van der Waals surface area contributed by atoms with Crippen LogP contribution in [0.25, 0.3) is 5.69 Å². The molecule has 0 aliphatic carbocycles. The van der Waals surface area contributed by atoms with E-state index in [9.17, 15) is 4.79 Å². The highest BCUT2D eigenvalue weighted by Gasteiger charge is 2.23. The van der Waals surface area contributed by atoms with Gasteiger partial charge in [0, 0.05) is 25.7 Å². The van der Waals surface area contributed by atoms with E-state index in [2.05, 4.69) is 29.2 Å². The van der Waals surface area contributed by atoms with Crippen LogP contribution in [0.15, 0.2) is 36.5 Å². The molecule has 1 N–H and O–H groups in total. The minimum Gasteiger partial charge on any atom is -0.379 e. The Morgan fingerprint density at radius 1 is 1.22 bits per heavy atom. The highest BCUT2D eigenvalue weighted by molar-refractivity contribution is 5.95. The maximum Gasteiger partial charge on any atom is 0.254 e. The molecule has 1 aromatic carbocycles. The first-order chi connectivity index (χ1) is 13.1. The molecule has 6 nitrogen and oxygen atoms in total. The molecule has 3 rings (SSSR count). The first-order valence-electron chi connectivity index (χ1n) is 9.76. The molecular formula is C21H30N4O2. The lowest BCUT2D eigenvalue weighted by Gasteiger charge is -2.35. The van der Waals surface area contributed by atoms with Crippen molar-refractivity contribution in [1.29, 1.82) is 0 Å². The summed E-state index contributed by atoms with van der Waals surface area (Å²) in [7, 11) is 0. The first-order valence-corrected chi connectivity index (χ1v) is 9.76. The Morgan fingerprint density at radius 2 is 1.93 bits per heavy atom. The van der Waals surface area contributed by atoms with Crippen molar-refractivity contribution < 1.29 is 9.53 Å². The Morgan fingerprint density at radius 3 is 2.59 bits per heavy atom. The lowest BCUT2D eigenvalue weighted by atomic mass is 10.0. The van der Waals surface area contributed by atoms with Crippen LogP contribution in [0, 0.1) is 12.8 Å². The van der Waals surface area contributed by atoms with E-state index in [1.807, 2.05) is 41.9 Å². The zero-order valence-corrected chi connectivity index (χ0v) is 16.5. The van der Waals surface area contributed by atoms with Gasteiger partial charge >= 0.3 is 0 Å². The number of hydrogen-bond donors (Lipinski definition) is 1. The number of carbonyl (C=O) groups excluding carboxylic acids is 1. The predicted octanol–water partition coefficient (Wildman–Crippen LogP) is 2.66. The summed E-state index contributed by atoms with van der Waals surface area (Å²) in [5.41, 5.74) is 2.44. The molecule has 1 saturated heterocycles. The van der Waals surface area contributed by atoms with Crippen LogP contribution in [-0.2, 0) is 4.74 Å². The van der Waals surface area contributed by atoms with Crippen LogP contribution in [-0.4, -0.2) is 59.5 Å². The van der Waals surface area contributed by atoms with E-state index in [4.69, 9.17) is 4.74 Å². The highest BCUT2D eigenvalue weighted by Crippen LogP contribution is 2.15. The Kier molecular flexibility index (Phi) is 6.63. The largest absolute Gasteiger partial charge is 0.379 e. The smallest absolute Gasteiger partial charge is 0.254 e. The molecule has 0 radical (unpaired) electrons. The normalized spacial score (nSPS) is 16.4. The van der Waals surface area contributed by atoms with Gasteiger partial charge in [-0.2, -0.15) is 5.10 Å². The number of ether oxygens (including phenoxy) is 1. The number of hydrogen-bond acceptors (Lipinski definition) is 4. The highest BCUT2D eigenvalue weighted by atomic mass is 16.5. The molecular weight excluding hydrogens is 340 g/mol. The number of aromatic nitrogens is 2. The number of nitrogens with one attached hydrogen (secondary N) is 1. The monoisotopic (exact) mass is 370 g/mol. The number of amides is 1. The van der Waals surface area contributed by atoms with Crippen molar-refractivity contribution in [2.24, 2.45) is 5.92 Å². The van der Waals surface area contributed by atoms with Crippen molar-refractivity contribution in [3.8, 4) is 5.69 Å². The number of morpholine rings is 1. The lowest BCUT2D eigenvalue weighted by molar-refractivity contribution is 0.0124. The minimum absolute atomic E-state index is 0.0586. The molecule has 1 unspecified atom stereocenters. The van der Waals surface area contributed by atoms with Crippen molar-refractivity contribution in [3.63, 3.8) is 0 Å². The molecule has 1 aliphatic rings. The van der Waals surface area contributed by atoms with Crippen LogP contribution in [0.2, 0.25) is 0 Å². The maximum absolute atomic E-state index is 12.8. The molecule has 1 aliphatic heterocycles. The van der Waals surface area contributed by atoms with Gasteiger partial charge < -0.3 is 10.1 Å². The number of carbonyl (C=O) groups is 1. The first kappa shape index (κ1) is 19.6. The molecule has 1 atom stereocenters. The van der Waals surface area contributed by atoms with E-state index < -0.39 is 0 Å². The Bertz CT molecular complexity index is 736. The van der Waals surface area contributed by atoms with Crippen molar-refractivity contribution in [2.75, 3.05) is 32.8 Å². The molecule has 0 saturated carbocycles. The van der Waals surface area contributed by atoms with E-state index in [0.29, 0.717) is 24.1 Å². The number of rotatable bonds is 7. The van der Waals surface area contributed by atoms with Gasteiger partial charge in [0.25, 0.3) is 5.91 Å². The summed E-state index contributed by atoms with van der Waals surface area (Å²) in [4.78, 5) is 15.2. The molecule has 0 spiro atoms. The molecule has 2 heterocycles. The Balaban J connectivity index is 1.66. The number of nitrogens with zero attached hydrogens (tertiary/aromatic N) is 3. The van der Waals surface area contributed by atoms with Crippen LogP contribution >= 0.6 is 0 Å². The number of para-hydroxylation sites is 1. The average molecular weight is 370 g/mol. The molecule has 27 heavy (non-hydrogen) atoms. The second-order valence-electron chi connectivity index (χ2n) is 7.53. The van der Waals surface area contributed by atoms with Gasteiger partial charge in [0.1, 0.15) is 0 Å². The van der Waals surface area contributed by atoms with Gasteiger partial charge in [0.2, 0.25) is 0 Å². The van der Waals surface area contributed by atoms with Crippen molar-refractivity contribution in [2.45, 2.75) is 33.2 Å².